The molecular formula is C18H15ClN4O3S. The first-order valence-corrected chi connectivity index (χ1v) is 10.0. The molecule has 1 aliphatic rings. The molecule has 1 amide bonds. The lowest BCUT2D eigenvalue weighted by Crippen LogP contribution is -2.29. The highest BCUT2D eigenvalue weighted by molar-refractivity contribution is 7.89. The number of nitrogens with zero attached hydrogens (tertiary/aromatic N) is 2. The number of hydrogen-bond acceptors (Lipinski definition) is 4. The predicted molar refractivity (Wildman–Crippen MR) is 102 cm³/mol. The van der Waals surface area contributed by atoms with Crippen LogP contribution in [0.25, 0.3) is 11.3 Å². The van der Waals surface area contributed by atoms with Crippen LogP contribution < -0.4 is 10.0 Å². The average Bonchev–Trinajstić information content (AvgIpc) is 3.28. The number of nitrogens with two attached hydrogens (primary N) is 1. The first kappa shape index (κ1) is 17.7. The summed E-state index contributed by atoms with van der Waals surface area (Å²) in [6.07, 6.45) is 0.643. The van der Waals surface area contributed by atoms with E-state index >= 15 is 0 Å². The molecular weight excluding hydrogens is 388 g/mol. The fourth-order valence-corrected chi connectivity index (χ4v) is 3.75. The van der Waals surface area contributed by atoms with E-state index in [9.17, 15) is 13.2 Å². The summed E-state index contributed by atoms with van der Waals surface area (Å²) >= 11 is 5.89. The van der Waals surface area contributed by atoms with Gasteiger partial charge in [-0.25, -0.2) is 13.6 Å². The summed E-state index contributed by atoms with van der Waals surface area (Å²) in [5.74, 6) is -0.284. The lowest BCUT2D eigenvalue weighted by atomic mass is 10.1. The molecule has 1 aliphatic heterocycles. The molecule has 27 heavy (non-hydrogen) atoms. The van der Waals surface area contributed by atoms with Crippen LogP contribution >= 0.6 is 11.6 Å². The van der Waals surface area contributed by atoms with Crippen molar-refractivity contribution >= 4 is 33.2 Å². The molecule has 9 heteroatoms. The number of carbonyl (C=O) groups is 1. The Morgan fingerprint density at radius 2 is 1.89 bits per heavy atom. The van der Waals surface area contributed by atoms with E-state index in [0.717, 1.165) is 11.1 Å². The van der Waals surface area contributed by atoms with E-state index in [0.29, 0.717) is 35.1 Å². The number of aromatic amines is 1. The van der Waals surface area contributed by atoms with E-state index in [-0.39, 0.29) is 10.8 Å². The molecule has 0 atom stereocenters. The number of carbonyl (C=O) groups excluding carboxylic acids is 1. The van der Waals surface area contributed by atoms with Crippen molar-refractivity contribution in [2.45, 2.75) is 11.3 Å². The van der Waals surface area contributed by atoms with Crippen molar-refractivity contribution in [3.63, 3.8) is 0 Å². The Balaban J connectivity index is 1.65. The van der Waals surface area contributed by atoms with Gasteiger partial charge in [0.25, 0.3) is 5.91 Å². The molecule has 3 N–H and O–H groups in total. The van der Waals surface area contributed by atoms with Gasteiger partial charge in [-0.05, 0) is 42.3 Å². The first-order chi connectivity index (χ1) is 12.8. The Hall–Kier alpha value is -2.68. The quantitative estimate of drug-likeness (QED) is 0.701. The Morgan fingerprint density at radius 3 is 2.59 bits per heavy atom. The summed E-state index contributed by atoms with van der Waals surface area (Å²) in [5, 5.41) is 12.8. The number of nitrogens with one attached hydrogen (secondary N) is 1. The lowest BCUT2D eigenvalue weighted by Gasteiger charge is -2.16. The standard InChI is InChI=1S/C18H15ClN4O3S/c19-13-4-1-11(2-5-13)15-10-16(22-21-15)18(24)23-8-7-12-3-6-14(9-17(12)23)27(20,25)26/h1-6,9-10H,7-8H2,(H,21,22)(H2,20,25,26). The second-order valence-electron chi connectivity index (χ2n) is 6.22. The van der Waals surface area contributed by atoms with Crippen LogP contribution in [0, 0.1) is 0 Å². The Bertz CT molecular complexity index is 1140. The molecule has 0 bridgehead atoms. The van der Waals surface area contributed by atoms with Gasteiger partial charge in [-0.2, -0.15) is 5.10 Å². The van der Waals surface area contributed by atoms with Gasteiger partial charge in [-0.3, -0.25) is 9.89 Å². The van der Waals surface area contributed by atoms with Crippen LogP contribution in [0.2, 0.25) is 5.02 Å². The number of amides is 1. The lowest BCUT2D eigenvalue weighted by molar-refractivity contribution is 0.0984. The van der Waals surface area contributed by atoms with Crippen molar-refractivity contribution in [3.05, 3.63) is 64.8 Å². The molecule has 4 rings (SSSR count). The highest BCUT2D eigenvalue weighted by atomic mass is 35.5. The number of H-pyrrole nitrogens is 1. The number of rotatable bonds is 3. The Morgan fingerprint density at radius 1 is 1.15 bits per heavy atom. The van der Waals surface area contributed by atoms with E-state index in [1.165, 1.54) is 17.0 Å². The molecule has 2 aromatic carbocycles. The zero-order valence-electron chi connectivity index (χ0n) is 14.0. The highest BCUT2D eigenvalue weighted by Crippen LogP contribution is 2.31. The third-order valence-electron chi connectivity index (χ3n) is 4.47. The SMILES string of the molecule is NS(=O)(=O)c1ccc2c(c1)N(C(=O)c1cc(-c3ccc(Cl)cc3)n[nH]1)CC2. The highest BCUT2D eigenvalue weighted by Gasteiger charge is 2.28. The van der Waals surface area contributed by atoms with Gasteiger partial charge in [0.05, 0.1) is 10.6 Å². The van der Waals surface area contributed by atoms with E-state index in [2.05, 4.69) is 10.2 Å². The second-order valence-corrected chi connectivity index (χ2v) is 8.21. The van der Waals surface area contributed by atoms with Crippen molar-refractivity contribution in [1.29, 1.82) is 0 Å². The molecule has 0 aliphatic carbocycles. The maximum absolute atomic E-state index is 12.9. The molecule has 1 aromatic heterocycles. The fourth-order valence-electron chi connectivity index (χ4n) is 3.09. The number of sulfonamides is 1. The fraction of sp³-hybridized carbons (Fsp3) is 0.111. The maximum Gasteiger partial charge on any atom is 0.276 e. The van der Waals surface area contributed by atoms with Crippen molar-refractivity contribution in [1.82, 2.24) is 10.2 Å². The van der Waals surface area contributed by atoms with E-state index in [1.807, 2.05) is 12.1 Å². The number of hydrogen-bond donors (Lipinski definition) is 2. The Labute approximate surface area is 160 Å². The summed E-state index contributed by atoms with van der Waals surface area (Å²) in [6.45, 7) is 0.456. The predicted octanol–water partition coefficient (Wildman–Crippen LogP) is 2.58. The van der Waals surface area contributed by atoms with Crippen LogP contribution in [-0.4, -0.2) is 31.1 Å². The van der Waals surface area contributed by atoms with Crippen LogP contribution in [0.15, 0.2) is 53.4 Å². The molecule has 2 heterocycles. The van der Waals surface area contributed by atoms with Gasteiger partial charge in [-0.15, -0.1) is 0 Å². The molecule has 138 valence electrons. The molecule has 7 nitrogen and oxygen atoms in total. The summed E-state index contributed by atoms with van der Waals surface area (Å²) in [7, 11) is -3.84. The van der Waals surface area contributed by atoms with E-state index in [4.69, 9.17) is 16.7 Å². The minimum absolute atomic E-state index is 0.0209. The minimum atomic E-state index is -3.84. The van der Waals surface area contributed by atoms with Gasteiger partial charge in [0, 0.05) is 22.8 Å². The number of anilines is 1. The summed E-state index contributed by atoms with van der Waals surface area (Å²) in [6, 6.07) is 13.4. The molecule has 0 unspecified atom stereocenters. The summed E-state index contributed by atoms with van der Waals surface area (Å²) < 4.78 is 23.2. The molecule has 3 aromatic rings. The smallest absolute Gasteiger partial charge is 0.276 e. The van der Waals surface area contributed by atoms with E-state index in [1.54, 1.807) is 24.3 Å². The molecule has 0 spiro atoms. The summed E-state index contributed by atoms with van der Waals surface area (Å²) in [4.78, 5) is 14.4. The van der Waals surface area contributed by atoms with Crippen molar-refractivity contribution in [2.24, 2.45) is 5.14 Å². The second kappa shape index (κ2) is 6.49. The number of halogens is 1. The number of fused-ring (bicyclic) bond motifs is 1. The average molecular weight is 403 g/mol. The zero-order valence-corrected chi connectivity index (χ0v) is 15.6. The van der Waals surface area contributed by atoms with Crippen molar-refractivity contribution < 1.29 is 13.2 Å². The topological polar surface area (TPSA) is 109 Å². The molecule has 0 saturated heterocycles. The molecule has 0 saturated carbocycles. The Kier molecular flexibility index (Phi) is 4.26. The largest absolute Gasteiger partial charge is 0.306 e. The maximum atomic E-state index is 12.9. The van der Waals surface area contributed by atoms with Crippen molar-refractivity contribution in [3.8, 4) is 11.3 Å². The van der Waals surface area contributed by atoms with Crippen LogP contribution in [0.5, 0.6) is 0 Å². The third kappa shape index (κ3) is 3.34. The monoisotopic (exact) mass is 402 g/mol. The molecule has 0 radical (unpaired) electrons. The van der Waals surface area contributed by atoms with Gasteiger partial charge in [0.15, 0.2) is 0 Å². The van der Waals surface area contributed by atoms with Gasteiger partial charge in [-0.1, -0.05) is 29.8 Å². The number of primary sulfonamides is 1. The van der Waals surface area contributed by atoms with Crippen molar-refractivity contribution in [2.75, 3.05) is 11.4 Å². The van der Waals surface area contributed by atoms with Gasteiger partial charge < -0.3 is 4.90 Å². The third-order valence-corrected chi connectivity index (χ3v) is 5.64. The minimum Gasteiger partial charge on any atom is -0.306 e. The van der Waals surface area contributed by atoms with Crippen LogP contribution in [0.1, 0.15) is 16.1 Å². The first-order valence-electron chi connectivity index (χ1n) is 8.12. The number of aromatic nitrogens is 2. The number of benzene rings is 2. The van der Waals surface area contributed by atoms with Gasteiger partial charge in [0.1, 0.15) is 5.69 Å². The van der Waals surface area contributed by atoms with Crippen LogP contribution in [0.3, 0.4) is 0 Å². The van der Waals surface area contributed by atoms with Crippen LogP contribution in [-0.2, 0) is 16.4 Å². The normalized spacial score (nSPS) is 13.6. The summed E-state index contributed by atoms with van der Waals surface area (Å²) in [5.41, 5.74) is 3.21. The van der Waals surface area contributed by atoms with Crippen LogP contribution in [0.4, 0.5) is 5.69 Å². The van der Waals surface area contributed by atoms with E-state index < -0.39 is 10.0 Å². The van der Waals surface area contributed by atoms with Gasteiger partial charge >= 0.3 is 0 Å². The zero-order chi connectivity index (χ0) is 19.2. The van der Waals surface area contributed by atoms with Gasteiger partial charge in [0.2, 0.25) is 10.0 Å². The molecule has 0 fully saturated rings.